The van der Waals surface area contributed by atoms with Crippen molar-refractivity contribution in [2.75, 3.05) is 18.5 Å². The summed E-state index contributed by atoms with van der Waals surface area (Å²) in [6.45, 7) is 2.93. The van der Waals surface area contributed by atoms with Gasteiger partial charge in [0.25, 0.3) is 5.91 Å². The smallest absolute Gasteiger partial charge is 0.254 e. The number of ether oxygens (including phenoxy) is 2. The summed E-state index contributed by atoms with van der Waals surface area (Å²) in [5.74, 6) is 0.960. The lowest BCUT2D eigenvalue weighted by molar-refractivity contribution is -0.128. The van der Waals surface area contributed by atoms with Gasteiger partial charge in [0, 0.05) is 32.1 Å². The number of H-pyrrole nitrogens is 1. The van der Waals surface area contributed by atoms with Crippen LogP contribution in [0.5, 0.6) is 0 Å². The highest BCUT2D eigenvalue weighted by Crippen LogP contribution is 2.17. The van der Waals surface area contributed by atoms with Gasteiger partial charge in [0.05, 0.1) is 12.7 Å². The number of nitrogens with zero attached hydrogens (tertiary/aromatic N) is 3. The van der Waals surface area contributed by atoms with Crippen LogP contribution < -0.4 is 5.32 Å². The van der Waals surface area contributed by atoms with Gasteiger partial charge in [-0.05, 0) is 19.8 Å². The first-order chi connectivity index (χ1) is 11.1. The second-order valence-corrected chi connectivity index (χ2v) is 5.63. The van der Waals surface area contributed by atoms with Crippen LogP contribution in [0.4, 0.5) is 5.82 Å². The Morgan fingerprint density at radius 2 is 2.52 bits per heavy atom. The lowest BCUT2D eigenvalue weighted by Crippen LogP contribution is -2.30. The fourth-order valence-electron chi connectivity index (χ4n) is 2.46. The van der Waals surface area contributed by atoms with Gasteiger partial charge in [-0.15, -0.1) is 0 Å². The molecule has 8 nitrogen and oxygen atoms in total. The van der Waals surface area contributed by atoms with E-state index in [4.69, 9.17) is 9.47 Å². The third kappa shape index (κ3) is 3.77. The first kappa shape index (κ1) is 15.7. The van der Waals surface area contributed by atoms with Crippen LogP contribution in [-0.4, -0.2) is 51.1 Å². The van der Waals surface area contributed by atoms with E-state index in [1.807, 2.05) is 17.8 Å². The highest BCUT2D eigenvalue weighted by Gasteiger charge is 2.20. The summed E-state index contributed by atoms with van der Waals surface area (Å²) in [6.07, 6.45) is 5.13. The lowest BCUT2D eigenvalue weighted by atomic mass is 10.2. The Hall–Kier alpha value is -2.19. The van der Waals surface area contributed by atoms with Crippen LogP contribution in [0.2, 0.25) is 0 Å². The molecule has 0 radical (unpaired) electrons. The molecule has 1 amide bonds. The standard InChI is InChI=1S/C15H21N5O3/c1-10(23-9-11-4-3-7-22-11)15(21)17-13-8-12(18-19-13)14-16-5-6-20(14)2/h5-6,8,10-11H,3-4,7,9H2,1-2H3,(H2,17,18,19,21). The number of hydrogen-bond donors (Lipinski definition) is 2. The molecule has 1 saturated heterocycles. The number of aromatic amines is 1. The average Bonchev–Trinajstić information content (AvgIpc) is 3.26. The van der Waals surface area contributed by atoms with E-state index in [1.54, 1.807) is 19.2 Å². The van der Waals surface area contributed by atoms with Crippen LogP contribution in [0.3, 0.4) is 0 Å². The minimum absolute atomic E-state index is 0.102. The number of aryl methyl sites for hydroxylation is 1. The molecule has 2 aromatic rings. The Labute approximate surface area is 134 Å². The molecule has 2 unspecified atom stereocenters. The molecule has 2 aromatic heterocycles. The third-order valence-electron chi connectivity index (χ3n) is 3.82. The number of imidazole rings is 1. The molecule has 124 valence electrons. The van der Waals surface area contributed by atoms with E-state index in [0.29, 0.717) is 12.4 Å². The minimum atomic E-state index is -0.562. The summed E-state index contributed by atoms with van der Waals surface area (Å²) in [5.41, 5.74) is 0.737. The van der Waals surface area contributed by atoms with Crippen molar-refractivity contribution in [2.45, 2.75) is 32.0 Å². The minimum Gasteiger partial charge on any atom is -0.376 e. The number of carbonyl (C=O) groups excluding carboxylic acids is 1. The highest BCUT2D eigenvalue weighted by atomic mass is 16.5. The summed E-state index contributed by atoms with van der Waals surface area (Å²) in [4.78, 5) is 16.4. The van der Waals surface area contributed by atoms with Gasteiger partial charge in [0.15, 0.2) is 11.6 Å². The summed E-state index contributed by atoms with van der Waals surface area (Å²) >= 11 is 0. The van der Waals surface area contributed by atoms with Gasteiger partial charge >= 0.3 is 0 Å². The molecular formula is C15H21N5O3. The molecule has 3 rings (SSSR count). The summed E-state index contributed by atoms with van der Waals surface area (Å²) in [7, 11) is 1.89. The van der Waals surface area contributed by atoms with Crippen molar-refractivity contribution >= 4 is 11.7 Å². The molecule has 0 aromatic carbocycles. The molecular weight excluding hydrogens is 298 g/mol. The Bertz CT molecular complexity index is 660. The van der Waals surface area contributed by atoms with E-state index in [-0.39, 0.29) is 12.0 Å². The van der Waals surface area contributed by atoms with Gasteiger partial charge in [0.2, 0.25) is 0 Å². The van der Waals surface area contributed by atoms with Crippen LogP contribution >= 0.6 is 0 Å². The normalized spacial score (nSPS) is 19.0. The number of nitrogens with one attached hydrogen (secondary N) is 2. The zero-order valence-corrected chi connectivity index (χ0v) is 13.3. The van der Waals surface area contributed by atoms with Gasteiger partial charge < -0.3 is 19.4 Å². The maximum absolute atomic E-state index is 12.1. The van der Waals surface area contributed by atoms with Crippen molar-refractivity contribution in [1.82, 2.24) is 19.7 Å². The topological polar surface area (TPSA) is 94.1 Å². The Balaban J connectivity index is 1.53. The molecule has 2 atom stereocenters. The van der Waals surface area contributed by atoms with Crippen molar-refractivity contribution in [1.29, 1.82) is 0 Å². The zero-order valence-electron chi connectivity index (χ0n) is 13.3. The molecule has 1 fully saturated rings. The first-order valence-electron chi connectivity index (χ1n) is 7.70. The number of amides is 1. The molecule has 8 heteroatoms. The monoisotopic (exact) mass is 319 g/mol. The SMILES string of the molecule is CC(OCC1CCCO1)C(=O)Nc1cc(-c2nccn2C)[nH]n1. The molecule has 23 heavy (non-hydrogen) atoms. The van der Waals surface area contributed by atoms with Gasteiger partial charge in [0.1, 0.15) is 11.8 Å². The Morgan fingerprint density at radius 1 is 1.65 bits per heavy atom. The van der Waals surface area contributed by atoms with Gasteiger partial charge in [-0.25, -0.2) is 4.98 Å². The number of anilines is 1. The first-order valence-corrected chi connectivity index (χ1v) is 7.70. The van der Waals surface area contributed by atoms with Crippen LogP contribution in [0, 0.1) is 0 Å². The van der Waals surface area contributed by atoms with E-state index < -0.39 is 6.10 Å². The van der Waals surface area contributed by atoms with E-state index in [2.05, 4.69) is 20.5 Å². The van der Waals surface area contributed by atoms with E-state index in [0.717, 1.165) is 31.0 Å². The van der Waals surface area contributed by atoms with Crippen molar-refractivity contribution in [3.63, 3.8) is 0 Å². The van der Waals surface area contributed by atoms with E-state index in [1.165, 1.54) is 0 Å². The second-order valence-electron chi connectivity index (χ2n) is 5.63. The zero-order chi connectivity index (χ0) is 16.2. The molecule has 3 heterocycles. The van der Waals surface area contributed by atoms with Crippen LogP contribution in [0.25, 0.3) is 11.5 Å². The van der Waals surface area contributed by atoms with Crippen molar-refractivity contribution in [3.8, 4) is 11.5 Å². The second kappa shape index (κ2) is 6.93. The third-order valence-corrected chi connectivity index (χ3v) is 3.82. The molecule has 0 spiro atoms. The number of aromatic nitrogens is 4. The van der Waals surface area contributed by atoms with Crippen LogP contribution in [0.1, 0.15) is 19.8 Å². The van der Waals surface area contributed by atoms with Crippen molar-refractivity contribution in [2.24, 2.45) is 7.05 Å². The quantitative estimate of drug-likeness (QED) is 0.838. The maximum atomic E-state index is 12.1. The van der Waals surface area contributed by atoms with Crippen LogP contribution in [0.15, 0.2) is 18.5 Å². The van der Waals surface area contributed by atoms with Gasteiger partial charge in [-0.2, -0.15) is 5.10 Å². The number of carbonyl (C=O) groups is 1. The summed E-state index contributed by atoms with van der Waals surface area (Å²) in [5, 5.41) is 9.68. The number of rotatable bonds is 6. The fourth-order valence-corrected chi connectivity index (χ4v) is 2.46. The predicted octanol–water partition coefficient (Wildman–Crippen LogP) is 1.33. The maximum Gasteiger partial charge on any atom is 0.254 e. The van der Waals surface area contributed by atoms with Crippen LogP contribution in [-0.2, 0) is 21.3 Å². The van der Waals surface area contributed by atoms with Gasteiger partial charge in [-0.3, -0.25) is 9.89 Å². The molecule has 1 aliphatic heterocycles. The molecule has 0 aliphatic carbocycles. The Kier molecular flexibility index (Phi) is 4.73. The van der Waals surface area contributed by atoms with E-state index >= 15 is 0 Å². The molecule has 0 bridgehead atoms. The molecule has 0 saturated carbocycles. The van der Waals surface area contributed by atoms with E-state index in [9.17, 15) is 4.79 Å². The van der Waals surface area contributed by atoms with Crippen molar-refractivity contribution in [3.05, 3.63) is 18.5 Å². The van der Waals surface area contributed by atoms with Gasteiger partial charge in [-0.1, -0.05) is 0 Å². The lowest BCUT2D eigenvalue weighted by Gasteiger charge is -2.15. The molecule has 2 N–H and O–H groups in total. The fraction of sp³-hybridized carbons (Fsp3) is 0.533. The highest BCUT2D eigenvalue weighted by molar-refractivity contribution is 5.93. The van der Waals surface area contributed by atoms with Crippen molar-refractivity contribution < 1.29 is 14.3 Å². The molecule has 1 aliphatic rings. The average molecular weight is 319 g/mol. The predicted molar refractivity (Wildman–Crippen MR) is 83.8 cm³/mol. The Morgan fingerprint density at radius 3 is 3.22 bits per heavy atom. The number of hydrogen-bond acceptors (Lipinski definition) is 5. The largest absolute Gasteiger partial charge is 0.376 e. The summed E-state index contributed by atoms with van der Waals surface area (Å²) < 4.78 is 12.9. The summed E-state index contributed by atoms with van der Waals surface area (Å²) in [6, 6.07) is 1.74.